The lowest BCUT2D eigenvalue weighted by molar-refractivity contribution is 0.0600. The maximum Gasteiger partial charge on any atom is 0.337 e. The molecule has 3 aromatic carbocycles. The Balaban J connectivity index is 1.95. The Kier molecular flexibility index (Phi) is 7.33. The molecule has 0 N–H and O–H groups in total. The van der Waals surface area contributed by atoms with Crippen LogP contribution in [0.2, 0.25) is 5.02 Å². The number of carbonyl (C=O) groups is 1. The second-order valence-electron chi connectivity index (χ2n) is 6.77. The van der Waals surface area contributed by atoms with E-state index in [1.165, 1.54) is 23.5 Å². The summed E-state index contributed by atoms with van der Waals surface area (Å²) in [7, 11) is -0.953. The van der Waals surface area contributed by atoms with Crippen LogP contribution in [0.15, 0.2) is 77.7 Å². The van der Waals surface area contributed by atoms with E-state index in [0.717, 1.165) is 11.1 Å². The second-order valence-corrected chi connectivity index (χ2v) is 9.14. The Labute approximate surface area is 187 Å². The maximum absolute atomic E-state index is 13.4. The Hall–Kier alpha value is -2.87. The monoisotopic (exact) mass is 459 g/mol. The molecule has 0 saturated heterocycles. The molecular weight excluding hydrogens is 438 g/mol. The van der Waals surface area contributed by atoms with E-state index in [2.05, 4.69) is 0 Å². The van der Waals surface area contributed by atoms with Crippen LogP contribution in [-0.2, 0) is 27.8 Å². The summed E-state index contributed by atoms with van der Waals surface area (Å²) in [5.74, 6) is 0.192. The zero-order valence-corrected chi connectivity index (χ0v) is 18.7. The van der Waals surface area contributed by atoms with E-state index < -0.39 is 16.0 Å². The fraction of sp³-hybridized carbons (Fsp3) is 0.174. The molecule has 0 amide bonds. The predicted octanol–water partition coefficient (Wildman–Crippen LogP) is 4.53. The van der Waals surface area contributed by atoms with Crippen molar-refractivity contribution in [2.45, 2.75) is 18.0 Å². The lowest BCUT2D eigenvalue weighted by Gasteiger charge is -2.23. The fourth-order valence-electron chi connectivity index (χ4n) is 3.02. The number of ether oxygens (including phenoxy) is 2. The van der Waals surface area contributed by atoms with Crippen LogP contribution >= 0.6 is 11.6 Å². The summed E-state index contributed by atoms with van der Waals surface area (Å²) >= 11 is 5.93. The second kappa shape index (κ2) is 9.96. The van der Waals surface area contributed by atoms with Gasteiger partial charge in [0.15, 0.2) is 0 Å². The summed E-state index contributed by atoms with van der Waals surface area (Å²) in [6, 6.07) is 19.9. The molecule has 0 aliphatic carbocycles. The van der Waals surface area contributed by atoms with Crippen LogP contribution in [0.1, 0.15) is 21.5 Å². The summed E-state index contributed by atoms with van der Waals surface area (Å²) in [4.78, 5) is 11.8. The van der Waals surface area contributed by atoms with Crippen molar-refractivity contribution in [1.29, 1.82) is 0 Å². The molecule has 0 bridgehead atoms. The van der Waals surface area contributed by atoms with Crippen LogP contribution < -0.4 is 4.74 Å². The van der Waals surface area contributed by atoms with Gasteiger partial charge in [-0.05, 0) is 59.7 Å². The van der Waals surface area contributed by atoms with Crippen molar-refractivity contribution in [3.05, 3.63) is 94.5 Å². The first-order valence-corrected chi connectivity index (χ1v) is 11.2. The number of halogens is 1. The molecule has 0 saturated carbocycles. The van der Waals surface area contributed by atoms with Gasteiger partial charge in [-0.3, -0.25) is 0 Å². The summed E-state index contributed by atoms with van der Waals surface area (Å²) in [6.45, 7) is 0.254. The zero-order valence-electron chi connectivity index (χ0n) is 17.1. The summed E-state index contributed by atoms with van der Waals surface area (Å²) in [5, 5.41) is 0.455. The van der Waals surface area contributed by atoms with Crippen molar-refractivity contribution in [2.75, 3.05) is 14.2 Å². The van der Waals surface area contributed by atoms with E-state index in [0.29, 0.717) is 16.3 Å². The van der Waals surface area contributed by atoms with E-state index in [1.807, 2.05) is 12.1 Å². The van der Waals surface area contributed by atoms with Gasteiger partial charge in [-0.2, -0.15) is 4.31 Å². The average molecular weight is 460 g/mol. The van der Waals surface area contributed by atoms with Crippen molar-refractivity contribution in [2.24, 2.45) is 0 Å². The Morgan fingerprint density at radius 1 is 0.903 bits per heavy atom. The highest BCUT2D eigenvalue weighted by Gasteiger charge is 2.25. The quantitative estimate of drug-likeness (QED) is 0.463. The first kappa shape index (κ1) is 22.8. The Morgan fingerprint density at radius 2 is 1.55 bits per heavy atom. The van der Waals surface area contributed by atoms with E-state index in [1.54, 1.807) is 55.6 Å². The smallest absolute Gasteiger partial charge is 0.337 e. The van der Waals surface area contributed by atoms with Gasteiger partial charge in [-0.25, -0.2) is 13.2 Å². The van der Waals surface area contributed by atoms with E-state index in [9.17, 15) is 13.2 Å². The largest absolute Gasteiger partial charge is 0.497 e. The number of sulfonamides is 1. The number of nitrogens with zero attached hydrogens (tertiary/aromatic N) is 1. The predicted molar refractivity (Wildman–Crippen MR) is 119 cm³/mol. The van der Waals surface area contributed by atoms with Gasteiger partial charge in [0.1, 0.15) is 5.75 Å². The molecule has 6 nitrogen and oxygen atoms in total. The number of methoxy groups -OCH3 is 2. The van der Waals surface area contributed by atoms with Crippen molar-refractivity contribution in [1.82, 2.24) is 4.31 Å². The van der Waals surface area contributed by atoms with E-state index in [4.69, 9.17) is 21.1 Å². The highest BCUT2D eigenvalue weighted by Crippen LogP contribution is 2.24. The van der Waals surface area contributed by atoms with Crippen LogP contribution in [-0.4, -0.2) is 32.9 Å². The van der Waals surface area contributed by atoms with Crippen LogP contribution in [0.4, 0.5) is 0 Å². The average Bonchev–Trinajstić information content (AvgIpc) is 2.79. The lowest BCUT2D eigenvalue weighted by atomic mass is 10.1. The number of rotatable bonds is 8. The summed E-state index contributed by atoms with van der Waals surface area (Å²) in [6.07, 6.45) is 0. The van der Waals surface area contributed by atoms with Crippen molar-refractivity contribution in [3.63, 3.8) is 0 Å². The molecule has 0 atom stereocenters. The molecule has 31 heavy (non-hydrogen) atoms. The number of benzene rings is 3. The first-order valence-electron chi connectivity index (χ1n) is 9.39. The molecule has 0 heterocycles. The van der Waals surface area contributed by atoms with Gasteiger partial charge in [0.05, 0.1) is 24.7 Å². The molecule has 0 spiro atoms. The molecule has 3 aromatic rings. The molecule has 0 radical (unpaired) electrons. The number of hydrogen-bond acceptors (Lipinski definition) is 5. The Bertz CT molecular complexity index is 1150. The lowest BCUT2D eigenvalue weighted by Crippen LogP contribution is -2.30. The van der Waals surface area contributed by atoms with Crippen molar-refractivity contribution in [3.8, 4) is 5.75 Å². The molecule has 0 aliphatic rings. The molecule has 0 unspecified atom stereocenters. The third kappa shape index (κ3) is 5.64. The van der Waals surface area contributed by atoms with Gasteiger partial charge in [-0.1, -0.05) is 35.9 Å². The van der Waals surface area contributed by atoms with Crippen molar-refractivity contribution >= 4 is 27.6 Å². The van der Waals surface area contributed by atoms with E-state index >= 15 is 0 Å². The van der Waals surface area contributed by atoms with Crippen LogP contribution in [0.25, 0.3) is 0 Å². The van der Waals surface area contributed by atoms with E-state index in [-0.39, 0.29) is 18.0 Å². The summed E-state index contributed by atoms with van der Waals surface area (Å²) in [5.41, 5.74) is 1.90. The van der Waals surface area contributed by atoms with Gasteiger partial charge in [0.2, 0.25) is 10.0 Å². The van der Waals surface area contributed by atoms with Gasteiger partial charge >= 0.3 is 5.97 Å². The molecule has 8 heteroatoms. The zero-order chi connectivity index (χ0) is 22.4. The fourth-order valence-corrected chi connectivity index (χ4v) is 4.57. The topological polar surface area (TPSA) is 72.9 Å². The third-order valence-corrected chi connectivity index (χ3v) is 6.74. The molecule has 0 fully saturated rings. The van der Waals surface area contributed by atoms with Crippen molar-refractivity contribution < 1.29 is 22.7 Å². The SMILES string of the molecule is COC(=O)c1ccc(CN(Cc2cccc(OC)c2)S(=O)(=O)c2ccc(Cl)cc2)cc1. The number of hydrogen-bond donors (Lipinski definition) is 0. The van der Waals surface area contributed by atoms with Gasteiger partial charge in [0.25, 0.3) is 0 Å². The van der Waals surface area contributed by atoms with Crippen LogP contribution in [0.3, 0.4) is 0 Å². The highest BCUT2D eigenvalue weighted by molar-refractivity contribution is 7.89. The van der Waals surface area contributed by atoms with Crippen LogP contribution in [0.5, 0.6) is 5.75 Å². The molecule has 162 valence electrons. The molecule has 0 aromatic heterocycles. The first-order chi connectivity index (χ1) is 14.8. The number of carbonyl (C=O) groups excluding carboxylic acids is 1. The minimum atomic E-state index is -3.82. The minimum absolute atomic E-state index is 0.115. The molecule has 0 aliphatic heterocycles. The maximum atomic E-state index is 13.4. The standard InChI is InChI=1S/C23H22ClNO5S/c1-29-21-5-3-4-18(14-21)16-25(31(27,28)22-12-10-20(24)11-13-22)15-17-6-8-19(9-7-17)23(26)30-2/h3-14H,15-16H2,1-2H3. The van der Waals surface area contributed by atoms with Gasteiger partial charge in [0, 0.05) is 18.1 Å². The summed E-state index contributed by atoms with van der Waals surface area (Å²) < 4.78 is 38.2. The molecular formula is C23H22ClNO5S. The third-order valence-electron chi connectivity index (χ3n) is 4.68. The number of esters is 1. The Morgan fingerprint density at radius 3 is 2.16 bits per heavy atom. The normalized spacial score (nSPS) is 11.4. The van der Waals surface area contributed by atoms with Crippen LogP contribution in [0, 0.1) is 0 Å². The molecule has 3 rings (SSSR count). The highest BCUT2D eigenvalue weighted by atomic mass is 35.5. The minimum Gasteiger partial charge on any atom is -0.497 e. The van der Waals surface area contributed by atoms with Gasteiger partial charge < -0.3 is 9.47 Å². The van der Waals surface area contributed by atoms with Gasteiger partial charge in [-0.15, -0.1) is 0 Å².